The highest BCUT2D eigenvalue weighted by atomic mass is 16.3. The monoisotopic (exact) mass is 300 g/mol. The summed E-state index contributed by atoms with van der Waals surface area (Å²) in [7, 11) is 0. The standard InChI is InChI=1S/C17H22N2O.C2H6/c1-13(17(20)15-5-3-2-4-6-15)19-12-11-14-7-9-16(18)10-8-14;1-2/h2-10,13,17,19-20H,11-12,18H2,1H3;1-2H3. The van der Waals surface area contributed by atoms with Gasteiger partial charge in [-0.25, -0.2) is 0 Å². The molecule has 0 radical (unpaired) electrons. The minimum atomic E-state index is -0.484. The van der Waals surface area contributed by atoms with Crippen molar-refractivity contribution in [3.05, 3.63) is 65.7 Å². The van der Waals surface area contributed by atoms with E-state index in [2.05, 4.69) is 5.32 Å². The van der Waals surface area contributed by atoms with Crippen LogP contribution in [-0.2, 0) is 6.42 Å². The summed E-state index contributed by atoms with van der Waals surface area (Å²) in [6.07, 6.45) is 0.439. The average molecular weight is 300 g/mol. The van der Waals surface area contributed by atoms with Gasteiger partial charge in [0.05, 0.1) is 6.10 Å². The van der Waals surface area contributed by atoms with Crippen molar-refractivity contribution < 1.29 is 5.11 Å². The van der Waals surface area contributed by atoms with Crippen LogP contribution in [0, 0.1) is 0 Å². The molecule has 0 saturated carbocycles. The zero-order valence-electron chi connectivity index (χ0n) is 13.8. The maximum Gasteiger partial charge on any atom is 0.0940 e. The fourth-order valence-corrected chi connectivity index (χ4v) is 2.18. The van der Waals surface area contributed by atoms with E-state index in [4.69, 9.17) is 5.73 Å². The number of rotatable bonds is 6. The fourth-order valence-electron chi connectivity index (χ4n) is 2.18. The summed E-state index contributed by atoms with van der Waals surface area (Å²) in [5.41, 5.74) is 8.63. The maximum absolute atomic E-state index is 10.2. The van der Waals surface area contributed by atoms with Crippen molar-refractivity contribution in [3.63, 3.8) is 0 Å². The number of aliphatic hydroxyl groups is 1. The molecule has 0 saturated heterocycles. The molecule has 0 spiro atoms. The highest BCUT2D eigenvalue weighted by Gasteiger charge is 2.14. The van der Waals surface area contributed by atoms with Crippen LogP contribution >= 0.6 is 0 Å². The van der Waals surface area contributed by atoms with Crippen LogP contribution in [0.1, 0.15) is 38.0 Å². The zero-order chi connectivity index (χ0) is 16.4. The van der Waals surface area contributed by atoms with Crippen LogP contribution in [0.5, 0.6) is 0 Å². The van der Waals surface area contributed by atoms with Crippen LogP contribution in [0.2, 0.25) is 0 Å². The van der Waals surface area contributed by atoms with Crippen LogP contribution in [0.3, 0.4) is 0 Å². The van der Waals surface area contributed by atoms with Crippen molar-refractivity contribution in [2.75, 3.05) is 12.3 Å². The Kier molecular flexibility index (Phi) is 8.26. The molecule has 0 aromatic heterocycles. The number of anilines is 1. The van der Waals surface area contributed by atoms with Gasteiger partial charge in [0.25, 0.3) is 0 Å². The van der Waals surface area contributed by atoms with E-state index >= 15 is 0 Å². The molecule has 0 aliphatic rings. The summed E-state index contributed by atoms with van der Waals surface area (Å²) >= 11 is 0. The van der Waals surface area contributed by atoms with Crippen molar-refractivity contribution in [2.24, 2.45) is 0 Å². The molecule has 22 heavy (non-hydrogen) atoms. The number of nitrogen functional groups attached to an aromatic ring is 1. The predicted octanol–water partition coefficient (Wildman–Crippen LogP) is 3.55. The minimum absolute atomic E-state index is 0.0196. The second kappa shape index (κ2) is 9.98. The van der Waals surface area contributed by atoms with E-state index in [0.29, 0.717) is 0 Å². The van der Waals surface area contributed by atoms with Gasteiger partial charge in [0, 0.05) is 11.7 Å². The largest absolute Gasteiger partial charge is 0.399 e. The molecule has 0 fully saturated rings. The predicted molar refractivity (Wildman–Crippen MR) is 94.8 cm³/mol. The lowest BCUT2D eigenvalue weighted by Crippen LogP contribution is -2.33. The van der Waals surface area contributed by atoms with Gasteiger partial charge in [-0.1, -0.05) is 56.3 Å². The van der Waals surface area contributed by atoms with E-state index in [9.17, 15) is 5.11 Å². The normalized spacial score (nSPS) is 12.9. The summed E-state index contributed by atoms with van der Waals surface area (Å²) in [4.78, 5) is 0. The third-order valence-corrected chi connectivity index (χ3v) is 3.47. The first kappa shape index (κ1) is 18.2. The molecule has 0 amide bonds. The maximum atomic E-state index is 10.2. The third-order valence-electron chi connectivity index (χ3n) is 3.47. The van der Waals surface area contributed by atoms with E-state index in [0.717, 1.165) is 24.2 Å². The highest BCUT2D eigenvalue weighted by molar-refractivity contribution is 5.39. The Balaban J connectivity index is 0.00000116. The molecule has 0 heterocycles. The first-order valence-electron chi connectivity index (χ1n) is 7.97. The van der Waals surface area contributed by atoms with Crippen molar-refractivity contribution in [2.45, 2.75) is 39.3 Å². The summed E-state index contributed by atoms with van der Waals surface area (Å²) in [6.45, 7) is 6.83. The Labute approximate surface area is 134 Å². The van der Waals surface area contributed by atoms with Gasteiger partial charge in [0.15, 0.2) is 0 Å². The molecule has 2 rings (SSSR count). The first-order valence-corrected chi connectivity index (χ1v) is 7.97. The Bertz CT molecular complexity index is 511. The number of nitrogens with one attached hydrogen (secondary N) is 1. The second-order valence-electron chi connectivity index (χ2n) is 5.09. The summed E-state index contributed by atoms with van der Waals surface area (Å²) < 4.78 is 0. The van der Waals surface area contributed by atoms with Gasteiger partial charge in [-0.3, -0.25) is 0 Å². The Hall–Kier alpha value is -1.84. The quantitative estimate of drug-likeness (QED) is 0.715. The summed E-state index contributed by atoms with van der Waals surface area (Å²) in [6, 6.07) is 17.7. The van der Waals surface area contributed by atoms with Crippen molar-refractivity contribution in [1.29, 1.82) is 0 Å². The van der Waals surface area contributed by atoms with Crippen LogP contribution in [-0.4, -0.2) is 17.7 Å². The molecule has 120 valence electrons. The van der Waals surface area contributed by atoms with Crippen molar-refractivity contribution in [3.8, 4) is 0 Å². The van der Waals surface area contributed by atoms with Gasteiger partial charge in [-0.05, 0) is 43.1 Å². The lowest BCUT2D eigenvalue weighted by molar-refractivity contribution is 0.136. The molecule has 2 aromatic carbocycles. The van der Waals surface area contributed by atoms with Crippen LogP contribution in [0.25, 0.3) is 0 Å². The fraction of sp³-hybridized carbons (Fsp3) is 0.368. The topological polar surface area (TPSA) is 58.3 Å². The average Bonchev–Trinajstić information content (AvgIpc) is 2.58. The molecule has 0 aliphatic heterocycles. The molecule has 2 aromatic rings. The van der Waals surface area contributed by atoms with Gasteiger partial charge in [-0.15, -0.1) is 0 Å². The third kappa shape index (κ3) is 5.88. The van der Waals surface area contributed by atoms with E-state index in [1.54, 1.807) is 0 Å². The van der Waals surface area contributed by atoms with Gasteiger partial charge >= 0.3 is 0 Å². The van der Waals surface area contributed by atoms with Gasteiger partial charge < -0.3 is 16.2 Å². The lowest BCUT2D eigenvalue weighted by atomic mass is 10.0. The van der Waals surface area contributed by atoms with Crippen LogP contribution < -0.4 is 11.1 Å². The molecule has 0 bridgehead atoms. The summed E-state index contributed by atoms with van der Waals surface area (Å²) in [5, 5.41) is 13.6. The van der Waals surface area contributed by atoms with E-state index < -0.39 is 6.10 Å². The molecule has 4 N–H and O–H groups in total. The van der Waals surface area contributed by atoms with E-state index in [-0.39, 0.29) is 6.04 Å². The number of nitrogens with two attached hydrogens (primary N) is 1. The minimum Gasteiger partial charge on any atom is -0.399 e. The number of aliphatic hydroxyl groups excluding tert-OH is 1. The van der Waals surface area contributed by atoms with Crippen molar-refractivity contribution >= 4 is 5.69 Å². The Morgan fingerprint density at radius 1 is 1.00 bits per heavy atom. The summed E-state index contributed by atoms with van der Waals surface area (Å²) in [5.74, 6) is 0. The van der Waals surface area contributed by atoms with Crippen LogP contribution in [0.15, 0.2) is 54.6 Å². The van der Waals surface area contributed by atoms with E-state index in [1.165, 1.54) is 5.56 Å². The molecule has 2 atom stereocenters. The lowest BCUT2D eigenvalue weighted by Gasteiger charge is -2.20. The van der Waals surface area contributed by atoms with Gasteiger partial charge in [0.1, 0.15) is 0 Å². The molecular weight excluding hydrogens is 272 g/mol. The number of benzene rings is 2. The smallest absolute Gasteiger partial charge is 0.0940 e. The molecule has 0 aliphatic carbocycles. The SMILES string of the molecule is CC.CC(NCCc1ccc(N)cc1)C(O)c1ccccc1. The van der Waals surface area contributed by atoms with Gasteiger partial charge in [0.2, 0.25) is 0 Å². The van der Waals surface area contributed by atoms with Gasteiger partial charge in [-0.2, -0.15) is 0 Å². The highest BCUT2D eigenvalue weighted by Crippen LogP contribution is 2.16. The molecule has 2 unspecified atom stereocenters. The Morgan fingerprint density at radius 3 is 2.18 bits per heavy atom. The zero-order valence-corrected chi connectivity index (χ0v) is 13.8. The van der Waals surface area contributed by atoms with Crippen LogP contribution in [0.4, 0.5) is 5.69 Å². The second-order valence-corrected chi connectivity index (χ2v) is 5.09. The van der Waals surface area contributed by atoms with Crippen molar-refractivity contribution in [1.82, 2.24) is 5.32 Å². The number of hydrogen-bond donors (Lipinski definition) is 3. The first-order chi connectivity index (χ1) is 10.7. The number of hydrogen-bond acceptors (Lipinski definition) is 3. The molecule has 3 heteroatoms. The van der Waals surface area contributed by atoms with E-state index in [1.807, 2.05) is 75.4 Å². The molecule has 3 nitrogen and oxygen atoms in total. The molecular formula is C19H28N2O. The Morgan fingerprint density at radius 2 is 1.59 bits per heavy atom.